The topological polar surface area (TPSA) is 31.0 Å². The molecule has 0 aromatic carbocycles. The Hall–Kier alpha value is -0.120. The van der Waals surface area contributed by atoms with Crippen molar-refractivity contribution < 1.29 is 14.2 Å². The summed E-state index contributed by atoms with van der Waals surface area (Å²) in [6, 6.07) is 0. The summed E-state index contributed by atoms with van der Waals surface area (Å²) in [7, 11) is 0. The van der Waals surface area contributed by atoms with Crippen LogP contribution < -0.4 is 0 Å². The molecule has 0 radical (unpaired) electrons. The molecule has 1 saturated carbocycles. The number of ether oxygens (including phenoxy) is 3. The zero-order chi connectivity index (χ0) is 7.97. The molecular formula is C9H14O3. The molecule has 3 aliphatic rings. The summed E-state index contributed by atoms with van der Waals surface area (Å²) >= 11 is 0. The molecule has 68 valence electrons. The summed E-state index contributed by atoms with van der Waals surface area (Å²) in [5, 5.41) is 0. The largest absolute Gasteiger partial charge is 0.370 e. The first-order chi connectivity index (χ1) is 5.93. The van der Waals surface area contributed by atoms with Crippen molar-refractivity contribution in [2.75, 3.05) is 13.2 Å². The van der Waals surface area contributed by atoms with Crippen LogP contribution in [0.5, 0.6) is 0 Å². The van der Waals surface area contributed by atoms with E-state index >= 15 is 0 Å². The van der Waals surface area contributed by atoms with Crippen molar-refractivity contribution in [2.24, 2.45) is 5.92 Å². The van der Waals surface area contributed by atoms with Gasteiger partial charge < -0.3 is 14.2 Å². The van der Waals surface area contributed by atoms with Gasteiger partial charge >= 0.3 is 0 Å². The van der Waals surface area contributed by atoms with Gasteiger partial charge in [0.1, 0.15) is 0 Å². The highest BCUT2D eigenvalue weighted by Gasteiger charge is 2.46. The van der Waals surface area contributed by atoms with Crippen molar-refractivity contribution in [1.82, 2.24) is 0 Å². The van der Waals surface area contributed by atoms with Crippen LogP contribution in [0.3, 0.4) is 0 Å². The predicted molar refractivity (Wildman–Crippen MR) is 41.7 cm³/mol. The van der Waals surface area contributed by atoms with E-state index in [-0.39, 0.29) is 6.29 Å². The Morgan fingerprint density at radius 1 is 0.917 bits per heavy atom. The molecule has 2 aliphatic heterocycles. The molecule has 0 unspecified atom stereocenters. The first-order valence-corrected chi connectivity index (χ1v) is 4.82. The molecule has 3 fully saturated rings. The zero-order valence-electron chi connectivity index (χ0n) is 7.07. The Balaban J connectivity index is 1.60. The fourth-order valence-corrected chi connectivity index (χ4v) is 2.33. The Morgan fingerprint density at radius 2 is 1.75 bits per heavy atom. The predicted octanol–water partition coefficient (Wildman–Crippen LogP) is 0.927. The number of rotatable bonds is 1. The second-order valence-electron chi connectivity index (χ2n) is 3.90. The van der Waals surface area contributed by atoms with Crippen LogP contribution in [0.4, 0.5) is 0 Å². The average Bonchev–Trinajstić information content (AvgIpc) is 2.66. The lowest BCUT2D eigenvalue weighted by Gasteiger charge is -2.23. The minimum Gasteiger partial charge on any atom is -0.370 e. The fourth-order valence-electron chi connectivity index (χ4n) is 2.33. The first-order valence-electron chi connectivity index (χ1n) is 4.82. The lowest BCUT2D eigenvalue weighted by atomic mass is 9.89. The Bertz CT molecular complexity index is 177. The van der Waals surface area contributed by atoms with Gasteiger partial charge in [-0.25, -0.2) is 0 Å². The lowest BCUT2D eigenvalue weighted by Crippen LogP contribution is -2.26. The molecular weight excluding hydrogens is 156 g/mol. The summed E-state index contributed by atoms with van der Waals surface area (Å²) in [5.41, 5.74) is 0. The monoisotopic (exact) mass is 170 g/mol. The van der Waals surface area contributed by atoms with Crippen molar-refractivity contribution in [1.29, 1.82) is 0 Å². The molecule has 0 amide bonds. The van der Waals surface area contributed by atoms with Gasteiger partial charge in [-0.15, -0.1) is 0 Å². The minimum absolute atomic E-state index is 0.0788. The van der Waals surface area contributed by atoms with E-state index in [9.17, 15) is 0 Å². The van der Waals surface area contributed by atoms with Crippen molar-refractivity contribution >= 4 is 0 Å². The van der Waals surface area contributed by atoms with Gasteiger partial charge in [-0.3, -0.25) is 0 Å². The van der Waals surface area contributed by atoms with Crippen LogP contribution in [0.2, 0.25) is 0 Å². The molecule has 2 saturated heterocycles. The molecule has 0 aromatic heterocycles. The molecule has 12 heavy (non-hydrogen) atoms. The highest BCUT2D eigenvalue weighted by Crippen LogP contribution is 2.41. The lowest BCUT2D eigenvalue weighted by molar-refractivity contribution is -0.0904. The second kappa shape index (κ2) is 2.69. The Labute approximate surface area is 72.0 Å². The molecule has 3 heteroatoms. The van der Waals surface area contributed by atoms with Crippen LogP contribution in [0.1, 0.15) is 19.3 Å². The van der Waals surface area contributed by atoms with E-state index in [2.05, 4.69) is 0 Å². The second-order valence-corrected chi connectivity index (χ2v) is 3.90. The van der Waals surface area contributed by atoms with E-state index in [4.69, 9.17) is 14.2 Å². The SMILES string of the molecule is C1COC([C@H]2CC[C@H]3O[C@@H]3C2)O1. The van der Waals surface area contributed by atoms with Crippen LogP contribution >= 0.6 is 0 Å². The number of epoxide rings is 1. The molecule has 1 aliphatic carbocycles. The molecule has 0 N–H and O–H groups in total. The number of hydrogen-bond acceptors (Lipinski definition) is 3. The molecule has 0 bridgehead atoms. The van der Waals surface area contributed by atoms with Crippen molar-refractivity contribution in [2.45, 2.75) is 37.8 Å². The van der Waals surface area contributed by atoms with Crippen LogP contribution in [0.15, 0.2) is 0 Å². The molecule has 3 rings (SSSR count). The van der Waals surface area contributed by atoms with Gasteiger partial charge in [-0.2, -0.15) is 0 Å². The molecule has 3 nitrogen and oxygen atoms in total. The third-order valence-electron chi connectivity index (χ3n) is 3.08. The Kier molecular flexibility index (Phi) is 1.63. The van der Waals surface area contributed by atoms with Gasteiger partial charge in [0, 0.05) is 5.92 Å². The van der Waals surface area contributed by atoms with Crippen molar-refractivity contribution in [3.63, 3.8) is 0 Å². The van der Waals surface area contributed by atoms with Gasteiger partial charge in [0.2, 0.25) is 0 Å². The highest BCUT2D eigenvalue weighted by molar-refractivity contribution is 4.93. The Morgan fingerprint density at radius 3 is 2.50 bits per heavy atom. The number of hydrogen-bond donors (Lipinski definition) is 0. The highest BCUT2D eigenvalue weighted by atomic mass is 16.7. The van der Waals surface area contributed by atoms with Gasteiger partial charge in [-0.05, 0) is 19.3 Å². The van der Waals surface area contributed by atoms with Crippen LogP contribution in [0.25, 0.3) is 0 Å². The van der Waals surface area contributed by atoms with E-state index in [1.807, 2.05) is 0 Å². The van der Waals surface area contributed by atoms with E-state index in [0.717, 1.165) is 19.6 Å². The number of fused-ring (bicyclic) bond motifs is 1. The van der Waals surface area contributed by atoms with Gasteiger partial charge in [0.05, 0.1) is 25.4 Å². The van der Waals surface area contributed by atoms with E-state index in [1.165, 1.54) is 12.8 Å². The first kappa shape index (κ1) is 7.30. The quantitative estimate of drug-likeness (QED) is 0.548. The molecule has 0 aromatic rings. The summed E-state index contributed by atoms with van der Waals surface area (Å²) in [4.78, 5) is 0. The fraction of sp³-hybridized carbons (Fsp3) is 1.00. The van der Waals surface area contributed by atoms with E-state index < -0.39 is 0 Å². The average molecular weight is 170 g/mol. The third kappa shape index (κ3) is 1.16. The zero-order valence-corrected chi connectivity index (χ0v) is 7.07. The summed E-state index contributed by atoms with van der Waals surface area (Å²) in [6.45, 7) is 1.55. The molecule has 0 spiro atoms. The third-order valence-corrected chi connectivity index (χ3v) is 3.08. The van der Waals surface area contributed by atoms with E-state index in [0.29, 0.717) is 18.1 Å². The van der Waals surface area contributed by atoms with Gasteiger partial charge in [-0.1, -0.05) is 0 Å². The maximum Gasteiger partial charge on any atom is 0.160 e. The van der Waals surface area contributed by atoms with Crippen LogP contribution in [-0.2, 0) is 14.2 Å². The summed E-state index contributed by atoms with van der Waals surface area (Å²) in [6.07, 6.45) is 4.77. The molecule has 2 heterocycles. The summed E-state index contributed by atoms with van der Waals surface area (Å²) < 4.78 is 16.4. The van der Waals surface area contributed by atoms with Gasteiger partial charge in [0.25, 0.3) is 0 Å². The maximum atomic E-state index is 5.48. The van der Waals surface area contributed by atoms with Crippen molar-refractivity contribution in [3.8, 4) is 0 Å². The smallest absolute Gasteiger partial charge is 0.160 e. The standard InChI is InChI=1S/C9H14O3/c1-2-7-8(12-7)5-6(1)9-10-3-4-11-9/h6-9H,1-5H2/t6-,7+,8+/m0/s1. The minimum atomic E-state index is 0.0788. The van der Waals surface area contributed by atoms with Crippen molar-refractivity contribution in [3.05, 3.63) is 0 Å². The molecule has 3 atom stereocenters. The van der Waals surface area contributed by atoms with Crippen LogP contribution in [-0.4, -0.2) is 31.7 Å². The normalized spacial score (nSPS) is 47.5. The van der Waals surface area contributed by atoms with E-state index in [1.54, 1.807) is 0 Å². The maximum absolute atomic E-state index is 5.48. The van der Waals surface area contributed by atoms with Crippen LogP contribution in [0, 0.1) is 5.92 Å². The summed E-state index contributed by atoms with van der Waals surface area (Å²) in [5.74, 6) is 0.594. The van der Waals surface area contributed by atoms with Gasteiger partial charge in [0.15, 0.2) is 6.29 Å².